The summed E-state index contributed by atoms with van der Waals surface area (Å²) in [6.07, 6.45) is 0. The minimum absolute atomic E-state index is 0.0774. The van der Waals surface area contributed by atoms with E-state index in [1.165, 1.54) is 0 Å². The Balaban J connectivity index is 1.53. The Bertz CT molecular complexity index is 813. The van der Waals surface area contributed by atoms with Crippen LogP contribution in [0.15, 0.2) is 36.4 Å². The highest BCUT2D eigenvalue weighted by atomic mass is 35.5. The molecule has 2 aromatic carbocycles. The summed E-state index contributed by atoms with van der Waals surface area (Å²) in [6, 6.07) is 10.8. The second-order valence-electron chi connectivity index (χ2n) is 6.17. The van der Waals surface area contributed by atoms with Crippen LogP contribution >= 0.6 is 23.2 Å². The van der Waals surface area contributed by atoms with Gasteiger partial charge >= 0.3 is 0 Å². The first kappa shape index (κ1) is 18.8. The van der Waals surface area contributed by atoms with E-state index in [1.807, 2.05) is 38.1 Å². The van der Waals surface area contributed by atoms with Gasteiger partial charge in [-0.15, -0.1) is 0 Å². The Morgan fingerprint density at radius 3 is 2.62 bits per heavy atom. The number of carbonyl (C=O) groups excluding carboxylic acids is 1. The number of hydrogen-bond acceptors (Lipinski definition) is 4. The maximum Gasteiger partial charge on any atom is 0.234 e. The molecule has 2 atom stereocenters. The normalized spacial score (nSPS) is 14.8. The number of fused-ring (bicyclic) bond motifs is 1. The standard InChI is InChI=1S/C19H20Cl2N2O3/c1-11(13-3-6-17-18(7-13)26-10-25-17)23-19(24)9-22-12(2)15-5-4-14(20)8-16(15)21/h3-8,11-12,22H,9-10H2,1-2H3,(H,23,24)/t11-,12+/m1/s1. The van der Waals surface area contributed by atoms with Crippen LogP contribution in [0, 0.1) is 0 Å². The first-order valence-electron chi connectivity index (χ1n) is 8.31. The Kier molecular flexibility index (Phi) is 5.91. The van der Waals surface area contributed by atoms with Crippen LogP contribution in [0.2, 0.25) is 10.0 Å². The predicted molar refractivity (Wildman–Crippen MR) is 102 cm³/mol. The molecule has 1 aliphatic heterocycles. The van der Waals surface area contributed by atoms with Gasteiger partial charge in [0.2, 0.25) is 12.7 Å². The zero-order valence-corrected chi connectivity index (χ0v) is 16.0. The molecule has 0 unspecified atom stereocenters. The number of nitrogens with one attached hydrogen (secondary N) is 2. The molecule has 0 aromatic heterocycles. The Morgan fingerprint density at radius 2 is 1.85 bits per heavy atom. The fraction of sp³-hybridized carbons (Fsp3) is 0.316. The van der Waals surface area contributed by atoms with Crippen molar-refractivity contribution in [3.63, 3.8) is 0 Å². The van der Waals surface area contributed by atoms with E-state index in [0.717, 1.165) is 16.9 Å². The van der Waals surface area contributed by atoms with E-state index in [1.54, 1.807) is 12.1 Å². The lowest BCUT2D eigenvalue weighted by Crippen LogP contribution is -2.36. The highest BCUT2D eigenvalue weighted by Crippen LogP contribution is 2.34. The highest BCUT2D eigenvalue weighted by molar-refractivity contribution is 6.35. The number of rotatable bonds is 6. The van der Waals surface area contributed by atoms with Crippen molar-refractivity contribution in [2.45, 2.75) is 25.9 Å². The molecule has 0 saturated heterocycles. The number of benzene rings is 2. The minimum Gasteiger partial charge on any atom is -0.454 e. The SMILES string of the molecule is C[C@H](NCC(=O)N[C@H](C)c1ccc2c(c1)OCO2)c1ccc(Cl)cc1Cl. The summed E-state index contributed by atoms with van der Waals surface area (Å²) in [5.74, 6) is 1.32. The van der Waals surface area contributed by atoms with Gasteiger partial charge in [-0.05, 0) is 49.2 Å². The maximum absolute atomic E-state index is 12.3. The summed E-state index contributed by atoms with van der Waals surface area (Å²) in [7, 11) is 0. The van der Waals surface area contributed by atoms with Gasteiger partial charge in [0, 0.05) is 16.1 Å². The smallest absolute Gasteiger partial charge is 0.234 e. The average Bonchev–Trinajstić information content (AvgIpc) is 3.07. The zero-order valence-electron chi connectivity index (χ0n) is 14.5. The van der Waals surface area contributed by atoms with Crippen LogP contribution in [0.4, 0.5) is 0 Å². The number of ether oxygens (including phenoxy) is 2. The third kappa shape index (κ3) is 4.41. The highest BCUT2D eigenvalue weighted by Gasteiger charge is 2.17. The van der Waals surface area contributed by atoms with Crippen molar-refractivity contribution in [3.8, 4) is 11.5 Å². The van der Waals surface area contributed by atoms with E-state index in [4.69, 9.17) is 32.7 Å². The van der Waals surface area contributed by atoms with Crippen LogP contribution in [0.5, 0.6) is 11.5 Å². The molecule has 1 amide bonds. The number of hydrogen-bond donors (Lipinski definition) is 2. The number of carbonyl (C=O) groups is 1. The molecule has 0 spiro atoms. The molecule has 5 nitrogen and oxygen atoms in total. The molecule has 7 heteroatoms. The third-order valence-electron chi connectivity index (χ3n) is 4.27. The van der Waals surface area contributed by atoms with Crippen LogP contribution in [-0.2, 0) is 4.79 Å². The molecule has 26 heavy (non-hydrogen) atoms. The van der Waals surface area contributed by atoms with Gasteiger partial charge < -0.3 is 20.1 Å². The van der Waals surface area contributed by atoms with E-state index in [-0.39, 0.29) is 31.3 Å². The Morgan fingerprint density at radius 1 is 1.08 bits per heavy atom. The van der Waals surface area contributed by atoms with Crippen molar-refractivity contribution in [1.82, 2.24) is 10.6 Å². The Hall–Kier alpha value is -1.95. The van der Waals surface area contributed by atoms with Gasteiger partial charge in [-0.1, -0.05) is 35.3 Å². The molecular formula is C19H20Cl2N2O3. The minimum atomic E-state index is -0.145. The molecule has 1 heterocycles. The molecule has 0 radical (unpaired) electrons. The van der Waals surface area contributed by atoms with E-state index >= 15 is 0 Å². The summed E-state index contributed by atoms with van der Waals surface area (Å²) in [5.41, 5.74) is 1.85. The van der Waals surface area contributed by atoms with Crippen molar-refractivity contribution in [2.24, 2.45) is 0 Å². The number of amides is 1. The van der Waals surface area contributed by atoms with Gasteiger partial charge in [0.15, 0.2) is 11.5 Å². The molecule has 1 aliphatic rings. The molecule has 3 rings (SSSR count). The molecule has 2 N–H and O–H groups in total. The van der Waals surface area contributed by atoms with Crippen molar-refractivity contribution in [2.75, 3.05) is 13.3 Å². The summed E-state index contributed by atoms with van der Waals surface area (Å²) >= 11 is 12.1. The molecule has 0 aliphatic carbocycles. The zero-order chi connectivity index (χ0) is 18.7. The van der Waals surface area contributed by atoms with Gasteiger partial charge in [0.25, 0.3) is 0 Å². The molecule has 138 valence electrons. The monoisotopic (exact) mass is 394 g/mol. The van der Waals surface area contributed by atoms with Crippen LogP contribution in [0.25, 0.3) is 0 Å². The fourth-order valence-electron chi connectivity index (χ4n) is 2.77. The van der Waals surface area contributed by atoms with Gasteiger partial charge in [0.1, 0.15) is 0 Å². The van der Waals surface area contributed by atoms with Gasteiger partial charge in [0.05, 0.1) is 12.6 Å². The summed E-state index contributed by atoms with van der Waals surface area (Å²) in [6.45, 7) is 4.28. The summed E-state index contributed by atoms with van der Waals surface area (Å²) in [5, 5.41) is 7.30. The first-order valence-corrected chi connectivity index (χ1v) is 9.07. The quantitative estimate of drug-likeness (QED) is 0.768. The van der Waals surface area contributed by atoms with Crippen LogP contribution in [0.1, 0.15) is 37.1 Å². The van der Waals surface area contributed by atoms with Crippen LogP contribution < -0.4 is 20.1 Å². The fourth-order valence-corrected chi connectivity index (χ4v) is 3.34. The second kappa shape index (κ2) is 8.16. The average molecular weight is 395 g/mol. The Labute approximate surface area is 162 Å². The predicted octanol–water partition coefficient (Wildman–Crippen LogP) is 4.25. The summed E-state index contributed by atoms with van der Waals surface area (Å²) in [4.78, 5) is 12.3. The van der Waals surface area contributed by atoms with E-state index < -0.39 is 0 Å². The van der Waals surface area contributed by atoms with E-state index in [0.29, 0.717) is 15.8 Å². The van der Waals surface area contributed by atoms with Crippen molar-refractivity contribution in [1.29, 1.82) is 0 Å². The molecule has 2 aromatic rings. The lowest BCUT2D eigenvalue weighted by molar-refractivity contribution is -0.121. The van der Waals surface area contributed by atoms with Crippen molar-refractivity contribution in [3.05, 3.63) is 57.6 Å². The lowest BCUT2D eigenvalue weighted by atomic mass is 10.1. The van der Waals surface area contributed by atoms with Gasteiger partial charge in [-0.25, -0.2) is 0 Å². The topological polar surface area (TPSA) is 59.6 Å². The van der Waals surface area contributed by atoms with Crippen LogP contribution in [-0.4, -0.2) is 19.2 Å². The van der Waals surface area contributed by atoms with Crippen molar-refractivity contribution < 1.29 is 14.3 Å². The van der Waals surface area contributed by atoms with Gasteiger partial charge in [-0.3, -0.25) is 4.79 Å². The summed E-state index contributed by atoms with van der Waals surface area (Å²) < 4.78 is 10.7. The maximum atomic E-state index is 12.3. The molecule has 0 bridgehead atoms. The van der Waals surface area contributed by atoms with E-state index in [2.05, 4.69) is 10.6 Å². The number of halogens is 2. The largest absolute Gasteiger partial charge is 0.454 e. The van der Waals surface area contributed by atoms with E-state index in [9.17, 15) is 4.79 Å². The third-order valence-corrected chi connectivity index (χ3v) is 4.83. The van der Waals surface area contributed by atoms with Crippen LogP contribution in [0.3, 0.4) is 0 Å². The molecule has 0 saturated carbocycles. The molecule has 0 fully saturated rings. The lowest BCUT2D eigenvalue weighted by Gasteiger charge is -2.18. The molecular weight excluding hydrogens is 375 g/mol. The van der Waals surface area contributed by atoms with Gasteiger partial charge in [-0.2, -0.15) is 0 Å². The second-order valence-corrected chi connectivity index (χ2v) is 7.01. The van der Waals surface area contributed by atoms with Crippen molar-refractivity contribution >= 4 is 29.1 Å². The first-order chi connectivity index (χ1) is 12.4.